The molecule has 0 radical (unpaired) electrons. The second kappa shape index (κ2) is 8.79. The number of carbonyl (C=O) groups excluding carboxylic acids is 1. The molecule has 1 aromatic heterocycles. The lowest BCUT2D eigenvalue weighted by Gasteiger charge is -2.39. The van der Waals surface area contributed by atoms with Crippen molar-refractivity contribution >= 4 is 37.3 Å². The molecule has 5 aromatic carbocycles. The predicted molar refractivity (Wildman–Crippen MR) is 161 cm³/mol. The van der Waals surface area contributed by atoms with Gasteiger partial charge in [0.2, 0.25) is 0 Å². The maximum Gasteiger partial charge on any atom is 0.193 e. The van der Waals surface area contributed by atoms with E-state index in [9.17, 15) is 4.79 Å². The van der Waals surface area contributed by atoms with Gasteiger partial charge in [-0.1, -0.05) is 105 Å². The molecule has 1 aliphatic rings. The molecule has 0 unspecified atom stereocenters. The SMILES string of the molecule is CCC1(CC)c2ccccc2C(=O)c2cc(-c3cccc(-c4cccc5c4sc4ccccc45)c3)ccc21. The third-order valence-corrected chi connectivity index (χ3v) is 9.81. The van der Waals surface area contributed by atoms with Gasteiger partial charge in [0.1, 0.15) is 0 Å². The van der Waals surface area contributed by atoms with Gasteiger partial charge in [0, 0.05) is 36.7 Å². The van der Waals surface area contributed by atoms with Gasteiger partial charge in [0.25, 0.3) is 0 Å². The van der Waals surface area contributed by atoms with E-state index in [-0.39, 0.29) is 11.2 Å². The first-order valence-corrected chi connectivity index (χ1v) is 14.3. The van der Waals surface area contributed by atoms with Crippen LogP contribution in [0.2, 0.25) is 0 Å². The summed E-state index contributed by atoms with van der Waals surface area (Å²) < 4.78 is 2.63. The van der Waals surface area contributed by atoms with Gasteiger partial charge < -0.3 is 0 Å². The van der Waals surface area contributed by atoms with Crippen LogP contribution in [0.5, 0.6) is 0 Å². The Morgan fingerprint density at radius 3 is 2.11 bits per heavy atom. The Balaban J connectivity index is 1.37. The number of hydrogen-bond donors (Lipinski definition) is 0. The van der Waals surface area contributed by atoms with Crippen LogP contribution in [0.25, 0.3) is 42.4 Å². The Bertz CT molecular complexity index is 1870. The molecule has 0 bridgehead atoms. The molecule has 2 heteroatoms. The molecule has 1 aliphatic carbocycles. The highest BCUT2D eigenvalue weighted by Gasteiger charge is 2.41. The lowest BCUT2D eigenvalue weighted by atomic mass is 9.63. The van der Waals surface area contributed by atoms with Crippen molar-refractivity contribution in [1.29, 1.82) is 0 Å². The largest absolute Gasteiger partial charge is 0.289 e. The van der Waals surface area contributed by atoms with Crippen LogP contribution in [0.1, 0.15) is 53.7 Å². The van der Waals surface area contributed by atoms with E-state index in [1.54, 1.807) is 0 Å². The van der Waals surface area contributed by atoms with Crippen LogP contribution >= 0.6 is 11.3 Å². The van der Waals surface area contributed by atoms with Gasteiger partial charge >= 0.3 is 0 Å². The van der Waals surface area contributed by atoms with Crippen LogP contribution in [0, 0.1) is 0 Å². The standard InChI is InChI=1S/C36H28OS/c1-3-36(4-2)31-17-7-5-14-29(31)34(37)30-22-24(19-20-32(30)36)23-11-9-12-25(21-23)26-15-10-16-28-27-13-6-8-18-33(27)38-35(26)28/h5-22H,3-4H2,1-2H3. The summed E-state index contributed by atoms with van der Waals surface area (Å²) in [6, 6.07) is 38.8. The maximum absolute atomic E-state index is 13.7. The summed E-state index contributed by atoms with van der Waals surface area (Å²) in [6.07, 6.45) is 1.93. The number of carbonyl (C=O) groups is 1. The smallest absolute Gasteiger partial charge is 0.193 e. The summed E-state index contributed by atoms with van der Waals surface area (Å²) in [7, 11) is 0. The number of benzene rings is 5. The van der Waals surface area contributed by atoms with Crippen molar-refractivity contribution in [3.05, 3.63) is 131 Å². The van der Waals surface area contributed by atoms with E-state index in [1.165, 1.54) is 42.4 Å². The Morgan fingerprint density at radius 2 is 1.24 bits per heavy atom. The van der Waals surface area contributed by atoms with E-state index in [1.807, 2.05) is 23.5 Å². The molecule has 0 amide bonds. The predicted octanol–water partition coefficient (Wildman–Crippen LogP) is 10.0. The van der Waals surface area contributed by atoms with Crippen LogP contribution in [0.4, 0.5) is 0 Å². The van der Waals surface area contributed by atoms with Gasteiger partial charge in [-0.05, 0) is 64.4 Å². The monoisotopic (exact) mass is 508 g/mol. The minimum Gasteiger partial charge on any atom is -0.289 e. The van der Waals surface area contributed by atoms with Crippen molar-refractivity contribution in [2.45, 2.75) is 32.1 Å². The van der Waals surface area contributed by atoms with E-state index in [4.69, 9.17) is 0 Å². The van der Waals surface area contributed by atoms with Crippen LogP contribution in [-0.2, 0) is 5.41 Å². The second-order valence-corrected chi connectivity index (χ2v) is 11.3. The van der Waals surface area contributed by atoms with Crippen molar-refractivity contribution in [1.82, 2.24) is 0 Å². The van der Waals surface area contributed by atoms with Crippen molar-refractivity contribution in [2.24, 2.45) is 0 Å². The zero-order valence-electron chi connectivity index (χ0n) is 21.6. The van der Waals surface area contributed by atoms with Crippen LogP contribution < -0.4 is 0 Å². The first-order valence-electron chi connectivity index (χ1n) is 13.4. The molecule has 0 fully saturated rings. The van der Waals surface area contributed by atoms with Crippen LogP contribution in [0.3, 0.4) is 0 Å². The van der Waals surface area contributed by atoms with Crippen molar-refractivity contribution in [2.75, 3.05) is 0 Å². The van der Waals surface area contributed by atoms with Crippen LogP contribution in [0.15, 0.2) is 109 Å². The normalized spacial score (nSPS) is 14.0. The second-order valence-electron chi connectivity index (χ2n) is 10.3. The average molecular weight is 509 g/mol. The fourth-order valence-corrected chi connectivity index (χ4v) is 7.81. The molecule has 0 atom stereocenters. The fraction of sp³-hybridized carbons (Fsp3) is 0.139. The Labute approximate surface area is 227 Å². The van der Waals surface area contributed by atoms with Crippen LogP contribution in [-0.4, -0.2) is 5.78 Å². The van der Waals surface area contributed by atoms with Crippen molar-refractivity contribution in [3.8, 4) is 22.3 Å². The highest BCUT2D eigenvalue weighted by Crippen LogP contribution is 2.47. The number of fused-ring (bicyclic) bond motifs is 5. The molecule has 0 saturated carbocycles. The summed E-state index contributed by atoms with van der Waals surface area (Å²) >= 11 is 1.86. The number of ketones is 1. The van der Waals surface area contributed by atoms with Gasteiger partial charge in [-0.15, -0.1) is 11.3 Å². The highest BCUT2D eigenvalue weighted by atomic mass is 32.1. The minimum absolute atomic E-state index is 0.128. The first kappa shape index (κ1) is 23.1. The molecule has 1 heterocycles. The average Bonchev–Trinajstić information content (AvgIpc) is 3.37. The summed E-state index contributed by atoms with van der Waals surface area (Å²) in [4.78, 5) is 13.7. The van der Waals surface area contributed by atoms with E-state index in [0.29, 0.717) is 0 Å². The number of thiophene rings is 1. The summed E-state index contributed by atoms with van der Waals surface area (Å²) in [5, 5.41) is 2.62. The Morgan fingerprint density at radius 1 is 0.579 bits per heavy atom. The van der Waals surface area contributed by atoms with E-state index in [2.05, 4.69) is 111 Å². The molecule has 0 spiro atoms. The Hall–Kier alpha value is -4.01. The third-order valence-electron chi connectivity index (χ3n) is 8.59. The number of hydrogen-bond acceptors (Lipinski definition) is 2. The van der Waals surface area contributed by atoms with Crippen molar-refractivity contribution in [3.63, 3.8) is 0 Å². The summed E-state index contributed by atoms with van der Waals surface area (Å²) in [5.74, 6) is 0.140. The molecule has 184 valence electrons. The molecule has 0 aliphatic heterocycles. The first-order chi connectivity index (χ1) is 18.6. The van der Waals surface area contributed by atoms with E-state index < -0.39 is 0 Å². The quantitative estimate of drug-likeness (QED) is 0.231. The summed E-state index contributed by atoms with van der Waals surface area (Å²) in [6.45, 7) is 4.48. The molecular formula is C36H28OS. The lowest BCUT2D eigenvalue weighted by molar-refractivity contribution is 0.102. The van der Waals surface area contributed by atoms with Crippen molar-refractivity contribution < 1.29 is 4.79 Å². The Kier molecular flexibility index (Phi) is 5.35. The zero-order valence-corrected chi connectivity index (χ0v) is 22.4. The van der Waals surface area contributed by atoms with E-state index >= 15 is 0 Å². The van der Waals surface area contributed by atoms with Gasteiger partial charge in [-0.2, -0.15) is 0 Å². The zero-order chi connectivity index (χ0) is 25.9. The van der Waals surface area contributed by atoms with E-state index in [0.717, 1.165) is 35.1 Å². The molecule has 1 nitrogen and oxygen atoms in total. The number of rotatable bonds is 4. The lowest BCUT2D eigenvalue weighted by Crippen LogP contribution is -2.34. The minimum atomic E-state index is -0.128. The third kappa shape index (κ3) is 3.27. The van der Waals surface area contributed by atoms with Gasteiger partial charge in [0.15, 0.2) is 5.78 Å². The van der Waals surface area contributed by atoms with Gasteiger partial charge in [-0.3, -0.25) is 4.79 Å². The molecular weight excluding hydrogens is 480 g/mol. The summed E-state index contributed by atoms with van der Waals surface area (Å²) in [5.41, 5.74) is 8.59. The van der Waals surface area contributed by atoms with Gasteiger partial charge in [0.05, 0.1) is 0 Å². The molecule has 0 saturated heterocycles. The molecule has 7 rings (SSSR count). The fourth-order valence-electron chi connectivity index (χ4n) is 6.57. The maximum atomic E-state index is 13.7. The molecule has 0 N–H and O–H groups in total. The topological polar surface area (TPSA) is 17.1 Å². The van der Waals surface area contributed by atoms with Gasteiger partial charge in [-0.25, -0.2) is 0 Å². The molecule has 38 heavy (non-hydrogen) atoms. The molecule has 6 aromatic rings. The highest BCUT2D eigenvalue weighted by molar-refractivity contribution is 7.26.